The highest BCUT2D eigenvalue weighted by Crippen LogP contribution is 2.30. The van der Waals surface area contributed by atoms with Crippen LogP contribution in [0.4, 0.5) is 11.4 Å². The van der Waals surface area contributed by atoms with Crippen molar-refractivity contribution in [3.8, 4) is 5.75 Å². The molecule has 0 fully saturated rings. The van der Waals surface area contributed by atoms with E-state index in [2.05, 4.69) is 17.6 Å². The lowest BCUT2D eigenvalue weighted by molar-refractivity contribution is 0.340. The zero-order valence-corrected chi connectivity index (χ0v) is 12.6. The third kappa shape index (κ3) is 2.83. The number of anilines is 2. The molecule has 0 bridgehead atoms. The average molecular weight is 299 g/mol. The fourth-order valence-electron chi connectivity index (χ4n) is 2.24. The van der Waals surface area contributed by atoms with E-state index >= 15 is 0 Å². The quantitative estimate of drug-likeness (QED) is 0.875. The number of benzene rings is 2. The number of rotatable bonds is 4. The summed E-state index contributed by atoms with van der Waals surface area (Å²) in [5.74, 6) is 0.864. The molecule has 0 N–H and O–H groups in total. The van der Waals surface area contributed by atoms with Gasteiger partial charge in [0.1, 0.15) is 12.1 Å². The second-order valence-corrected chi connectivity index (χ2v) is 5.02. The Kier molecular flexibility index (Phi) is 4.01. The monoisotopic (exact) mass is 299 g/mol. The van der Waals surface area contributed by atoms with Gasteiger partial charge in [-0.3, -0.25) is 0 Å². The zero-order chi connectivity index (χ0) is 14.7. The predicted octanol–water partition coefficient (Wildman–Crippen LogP) is 3.57. The molecule has 0 aliphatic carbocycles. The molecule has 1 aliphatic rings. The van der Waals surface area contributed by atoms with Gasteiger partial charge in [0.2, 0.25) is 0 Å². The molecule has 1 atom stereocenters. The van der Waals surface area contributed by atoms with Crippen LogP contribution in [0.15, 0.2) is 59.6 Å². The van der Waals surface area contributed by atoms with Gasteiger partial charge >= 0.3 is 0 Å². The Bertz CT molecular complexity index is 615. The van der Waals surface area contributed by atoms with Gasteiger partial charge < -0.3 is 4.74 Å². The molecule has 0 saturated carbocycles. The molecule has 0 spiro atoms. The van der Waals surface area contributed by atoms with E-state index in [0.717, 1.165) is 17.1 Å². The molecule has 0 radical (unpaired) electrons. The van der Waals surface area contributed by atoms with E-state index in [4.69, 9.17) is 4.74 Å². The van der Waals surface area contributed by atoms with Crippen LogP contribution in [-0.2, 0) is 0 Å². The fourth-order valence-corrected chi connectivity index (χ4v) is 2.55. The van der Waals surface area contributed by atoms with Crippen LogP contribution >= 0.6 is 12.6 Å². The first-order chi connectivity index (χ1) is 10.3. The van der Waals surface area contributed by atoms with Crippen molar-refractivity contribution in [3.63, 3.8) is 0 Å². The van der Waals surface area contributed by atoms with Gasteiger partial charge in [-0.25, -0.2) is 15.0 Å². The zero-order valence-electron chi connectivity index (χ0n) is 11.8. The van der Waals surface area contributed by atoms with E-state index in [1.165, 1.54) is 0 Å². The highest BCUT2D eigenvalue weighted by atomic mass is 32.1. The summed E-state index contributed by atoms with van der Waals surface area (Å²) < 4.78 is 5.48. The summed E-state index contributed by atoms with van der Waals surface area (Å²) in [6.07, 6.45) is 1.80. The Labute approximate surface area is 130 Å². The minimum absolute atomic E-state index is 0.233. The molecule has 5 heteroatoms. The number of nitrogens with zero attached hydrogens (tertiary/aromatic N) is 3. The van der Waals surface area contributed by atoms with Crippen molar-refractivity contribution in [2.45, 2.75) is 12.4 Å². The second kappa shape index (κ2) is 6.10. The minimum atomic E-state index is -0.233. The molecule has 108 valence electrons. The van der Waals surface area contributed by atoms with Crippen molar-refractivity contribution < 1.29 is 4.74 Å². The maximum Gasteiger partial charge on any atom is 0.186 e. The van der Waals surface area contributed by atoms with Crippen molar-refractivity contribution >= 4 is 30.3 Å². The van der Waals surface area contributed by atoms with E-state index in [0.29, 0.717) is 6.61 Å². The lowest BCUT2D eigenvalue weighted by Gasteiger charge is -2.31. The average Bonchev–Trinajstić information content (AvgIpc) is 2.91. The molecule has 2 aromatic carbocycles. The lowest BCUT2D eigenvalue weighted by atomic mass is 10.3. The first kappa shape index (κ1) is 13.8. The summed E-state index contributed by atoms with van der Waals surface area (Å²) in [4.78, 5) is 4.37. The summed E-state index contributed by atoms with van der Waals surface area (Å²) in [5, 5.41) is 4.02. The Morgan fingerprint density at radius 1 is 1.05 bits per heavy atom. The summed E-state index contributed by atoms with van der Waals surface area (Å²) in [5.41, 5.74) is 1.83. The van der Waals surface area contributed by atoms with E-state index < -0.39 is 0 Å². The van der Waals surface area contributed by atoms with Crippen molar-refractivity contribution in [3.05, 3.63) is 54.6 Å². The molecule has 1 heterocycles. The normalized spacial score (nSPS) is 17.3. The summed E-state index contributed by atoms with van der Waals surface area (Å²) in [6.45, 7) is 2.64. The molecule has 0 amide bonds. The number of ether oxygens (including phenoxy) is 1. The number of thiol groups is 1. The first-order valence-electron chi connectivity index (χ1n) is 6.87. The molecule has 2 aromatic rings. The molecule has 0 aromatic heterocycles. The minimum Gasteiger partial charge on any atom is -0.494 e. The smallest absolute Gasteiger partial charge is 0.186 e. The molecule has 4 nitrogen and oxygen atoms in total. The maximum absolute atomic E-state index is 5.48. The predicted molar refractivity (Wildman–Crippen MR) is 90.3 cm³/mol. The molecule has 21 heavy (non-hydrogen) atoms. The van der Waals surface area contributed by atoms with Crippen molar-refractivity contribution in [1.82, 2.24) is 0 Å². The number of para-hydroxylation sites is 1. The highest BCUT2D eigenvalue weighted by molar-refractivity contribution is 7.81. The number of hydrogen-bond donors (Lipinski definition) is 1. The molecular formula is C16H17N3OS. The van der Waals surface area contributed by atoms with Crippen LogP contribution in [0.2, 0.25) is 0 Å². The van der Waals surface area contributed by atoms with Crippen LogP contribution in [0, 0.1) is 0 Å². The van der Waals surface area contributed by atoms with Gasteiger partial charge in [0.05, 0.1) is 18.0 Å². The third-order valence-corrected chi connectivity index (χ3v) is 3.55. The van der Waals surface area contributed by atoms with E-state index in [-0.39, 0.29) is 5.50 Å². The van der Waals surface area contributed by atoms with Gasteiger partial charge in [-0.2, -0.15) is 0 Å². The van der Waals surface area contributed by atoms with E-state index in [1.54, 1.807) is 6.34 Å². The Balaban J connectivity index is 1.88. The second-order valence-electron chi connectivity index (χ2n) is 4.56. The van der Waals surface area contributed by atoms with Gasteiger partial charge in [0.15, 0.2) is 5.50 Å². The van der Waals surface area contributed by atoms with Crippen molar-refractivity contribution in [2.24, 2.45) is 4.99 Å². The molecule has 0 saturated heterocycles. The van der Waals surface area contributed by atoms with Crippen LogP contribution in [0.25, 0.3) is 0 Å². The maximum atomic E-state index is 5.48. The Hall–Kier alpha value is -2.14. The first-order valence-corrected chi connectivity index (χ1v) is 7.39. The van der Waals surface area contributed by atoms with Crippen molar-refractivity contribution in [2.75, 3.05) is 16.6 Å². The summed E-state index contributed by atoms with van der Waals surface area (Å²) in [7, 11) is 0. The Morgan fingerprint density at radius 2 is 1.76 bits per heavy atom. The van der Waals surface area contributed by atoms with Gasteiger partial charge in [-0.15, -0.1) is 12.6 Å². The van der Waals surface area contributed by atoms with Crippen LogP contribution in [0.1, 0.15) is 6.92 Å². The molecule has 3 rings (SSSR count). The van der Waals surface area contributed by atoms with Crippen LogP contribution in [0.5, 0.6) is 5.75 Å². The van der Waals surface area contributed by atoms with E-state index in [1.807, 2.05) is 71.5 Å². The fraction of sp³-hybridized carbons (Fsp3) is 0.188. The number of hydrogen-bond acceptors (Lipinski definition) is 5. The van der Waals surface area contributed by atoms with Gasteiger partial charge in [-0.1, -0.05) is 18.2 Å². The molecule has 1 unspecified atom stereocenters. The van der Waals surface area contributed by atoms with E-state index in [9.17, 15) is 0 Å². The highest BCUT2D eigenvalue weighted by Gasteiger charge is 2.26. The lowest BCUT2D eigenvalue weighted by Crippen LogP contribution is -2.40. The Morgan fingerprint density at radius 3 is 2.43 bits per heavy atom. The topological polar surface area (TPSA) is 28.1 Å². The van der Waals surface area contributed by atoms with Gasteiger partial charge in [0, 0.05) is 0 Å². The molecule has 1 aliphatic heterocycles. The van der Waals surface area contributed by atoms with Gasteiger partial charge in [-0.05, 0) is 43.3 Å². The van der Waals surface area contributed by atoms with Gasteiger partial charge in [0.25, 0.3) is 0 Å². The standard InChI is InChI=1S/C16H17N3OS/c1-2-20-15-10-8-14(9-11-15)19-16(21)17-12-18(19)13-6-4-3-5-7-13/h3-12,16,21H,2H2,1H3. The van der Waals surface area contributed by atoms with Crippen LogP contribution in [0.3, 0.4) is 0 Å². The third-order valence-electron chi connectivity index (χ3n) is 3.19. The number of hydrazine groups is 1. The summed E-state index contributed by atoms with van der Waals surface area (Å²) >= 11 is 4.53. The number of aliphatic imine (C=N–C) groups is 1. The van der Waals surface area contributed by atoms with Crippen LogP contribution < -0.4 is 14.8 Å². The molecular weight excluding hydrogens is 282 g/mol. The van der Waals surface area contributed by atoms with Crippen molar-refractivity contribution in [1.29, 1.82) is 0 Å². The SMILES string of the molecule is CCOc1ccc(N2C(S)N=CN2c2ccccc2)cc1. The largest absolute Gasteiger partial charge is 0.494 e. The summed E-state index contributed by atoms with van der Waals surface area (Å²) in [6, 6.07) is 18.0. The van der Waals surface area contributed by atoms with Crippen LogP contribution in [-0.4, -0.2) is 18.4 Å².